The molecular formula is C9H11NO4S. The van der Waals surface area contributed by atoms with Crippen molar-refractivity contribution in [2.75, 3.05) is 6.26 Å². The SMILES string of the molecule is CS(=O)(=O)c1ccc(COC(N)=O)cc1. The Hall–Kier alpha value is -1.56. The normalized spacial score (nSPS) is 11.0. The summed E-state index contributed by atoms with van der Waals surface area (Å²) in [6, 6.07) is 6.04. The van der Waals surface area contributed by atoms with Gasteiger partial charge in [-0.1, -0.05) is 12.1 Å². The van der Waals surface area contributed by atoms with Crippen molar-refractivity contribution in [3.05, 3.63) is 29.8 Å². The minimum atomic E-state index is -3.18. The van der Waals surface area contributed by atoms with Crippen molar-refractivity contribution in [3.8, 4) is 0 Å². The summed E-state index contributed by atoms with van der Waals surface area (Å²) in [5.41, 5.74) is 5.46. The maximum absolute atomic E-state index is 11.1. The molecule has 0 aliphatic rings. The summed E-state index contributed by atoms with van der Waals surface area (Å²) in [5.74, 6) is 0. The van der Waals surface area contributed by atoms with Gasteiger partial charge < -0.3 is 10.5 Å². The van der Waals surface area contributed by atoms with E-state index < -0.39 is 15.9 Å². The number of carbonyl (C=O) groups is 1. The molecule has 0 fully saturated rings. The third-order valence-electron chi connectivity index (χ3n) is 1.73. The van der Waals surface area contributed by atoms with Crippen LogP contribution in [0, 0.1) is 0 Å². The number of primary amides is 1. The first-order valence-corrected chi connectivity index (χ1v) is 6.00. The molecule has 1 amide bonds. The molecule has 1 rings (SSSR count). The number of ether oxygens (including phenoxy) is 1. The molecule has 1 aromatic carbocycles. The van der Waals surface area contributed by atoms with Gasteiger partial charge in [0.15, 0.2) is 9.84 Å². The number of benzene rings is 1. The zero-order chi connectivity index (χ0) is 11.5. The molecule has 0 unspecified atom stereocenters. The van der Waals surface area contributed by atoms with Crippen LogP contribution < -0.4 is 5.73 Å². The van der Waals surface area contributed by atoms with Gasteiger partial charge in [0.2, 0.25) is 0 Å². The molecule has 0 spiro atoms. The van der Waals surface area contributed by atoms with Gasteiger partial charge in [0.1, 0.15) is 6.61 Å². The van der Waals surface area contributed by atoms with Gasteiger partial charge in [0.25, 0.3) is 0 Å². The van der Waals surface area contributed by atoms with E-state index in [1.165, 1.54) is 12.1 Å². The second kappa shape index (κ2) is 4.31. The highest BCUT2D eigenvalue weighted by Gasteiger charge is 2.06. The maximum atomic E-state index is 11.1. The first kappa shape index (κ1) is 11.5. The second-order valence-electron chi connectivity index (χ2n) is 3.02. The molecule has 0 radical (unpaired) electrons. The van der Waals surface area contributed by atoms with E-state index in [-0.39, 0.29) is 11.5 Å². The van der Waals surface area contributed by atoms with Gasteiger partial charge in [-0.25, -0.2) is 13.2 Å². The van der Waals surface area contributed by atoms with Crippen molar-refractivity contribution in [2.24, 2.45) is 5.73 Å². The standard InChI is InChI=1S/C9H11NO4S/c1-15(12,13)8-4-2-7(3-5-8)6-14-9(10)11/h2-5H,6H2,1H3,(H2,10,11). The van der Waals surface area contributed by atoms with Gasteiger partial charge in [0, 0.05) is 6.26 Å². The molecule has 2 N–H and O–H groups in total. The smallest absolute Gasteiger partial charge is 0.404 e. The highest BCUT2D eigenvalue weighted by atomic mass is 32.2. The van der Waals surface area contributed by atoms with E-state index in [0.717, 1.165) is 6.26 Å². The van der Waals surface area contributed by atoms with Gasteiger partial charge >= 0.3 is 6.09 Å². The Morgan fingerprint density at radius 1 is 1.33 bits per heavy atom. The van der Waals surface area contributed by atoms with E-state index in [4.69, 9.17) is 5.73 Å². The van der Waals surface area contributed by atoms with Crippen molar-refractivity contribution in [1.29, 1.82) is 0 Å². The van der Waals surface area contributed by atoms with Crippen LogP contribution in [0.1, 0.15) is 5.56 Å². The molecule has 1 aromatic rings. The molecule has 0 saturated heterocycles. The number of hydrogen-bond donors (Lipinski definition) is 1. The van der Waals surface area contributed by atoms with Crippen LogP contribution in [0.2, 0.25) is 0 Å². The Labute approximate surface area is 87.8 Å². The lowest BCUT2D eigenvalue weighted by atomic mass is 10.2. The van der Waals surface area contributed by atoms with E-state index in [9.17, 15) is 13.2 Å². The topological polar surface area (TPSA) is 86.5 Å². The molecule has 0 bridgehead atoms. The average molecular weight is 229 g/mol. The minimum absolute atomic E-state index is 0.0410. The Balaban J connectivity index is 2.77. The van der Waals surface area contributed by atoms with Crippen molar-refractivity contribution in [1.82, 2.24) is 0 Å². The fraction of sp³-hybridized carbons (Fsp3) is 0.222. The van der Waals surface area contributed by atoms with Crippen molar-refractivity contribution in [2.45, 2.75) is 11.5 Å². The molecule has 5 nitrogen and oxygen atoms in total. The fourth-order valence-electron chi connectivity index (χ4n) is 0.987. The number of amides is 1. The largest absolute Gasteiger partial charge is 0.445 e. The summed E-state index contributed by atoms with van der Waals surface area (Å²) in [6.07, 6.45) is 0.268. The van der Waals surface area contributed by atoms with Gasteiger partial charge in [0.05, 0.1) is 4.90 Å². The Kier molecular flexibility index (Phi) is 3.31. The summed E-state index contributed by atoms with van der Waals surface area (Å²) in [6.45, 7) is 0.0410. The predicted octanol–water partition coefficient (Wildman–Crippen LogP) is 0.685. The molecule has 0 saturated carbocycles. The third-order valence-corrected chi connectivity index (χ3v) is 2.86. The monoisotopic (exact) mass is 229 g/mol. The lowest BCUT2D eigenvalue weighted by Crippen LogP contribution is -2.12. The number of rotatable bonds is 3. The molecule has 6 heteroatoms. The molecule has 15 heavy (non-hydrogen) atoms. The summed E-state index contributed by atoms with van der Waals surface area (Å²) in [5, 5.41) is 0. The quantitative estimate of drug-likeness (QED) is 0.825. The average Bonchev–Trinajstić information content (AvgIpc) is 2.14. The number of hydrogen-bond acceptors (Lipinski definition) is 4. The number of carbonyl (C=O) groups excluding carboxylic acids is 1. The Morgan fingerprint density at radius 2 is 1.87 bits per heavy atom. The van der Waals surface area contributed by atoms with Gasteiger partial charge in [-0.15, -0.1) is 0 Å². The van der Waals surface area contributed by atoms with Crippen molar-refractivity contribution >= 4 is 15.9 Å². The van der Waals surface area contributed by atoms with Crippen LogP contribution in [-0.2, 0) is 21.2 Å². The molecule has 0 aliphatic heterocycles. The highest BCUT2D eigenvalue weighted by Crippen LogP contribution is 2.10. The molecule has 0 heterocycles. The number of sulfone groups is 1. The van der Waals surface area contributed by atoms with Crippen LogP contribution >= 0.6 is 0 Å². The van der Waals surface area contributed by atoms with Crippen LogP contribution in [0.25, 0.3) is 0 Å². The minimum Gasteiger partial charge on any atom is -0.445 e. The maximum Gasteiger partial charge on any atom is 0.404 e. The summed E-state index contributed by atoms with van der Waals surface area (Å²) in [4.78, 5) is 10.5. The van der Waals surface area contributed by atoms with E-state index in [1.54, 1.807) is 12.1 Å². The third kappa shape index (κ3) is 3.59. The molecular weight excluding hydrogens is 218 g/mol. The molecule has 82 valence electrons. The zero-order valence-corrected chi connectivity index (χ0v) is 8.95. The number of nitrogens with two attached hydrogens (primary N) is 1. The first-order chi connectivity index (χ1) is 6.89. The van der Waals surface area contributed by atoms with Gasteiger partial charge in [-0.05, 0) is 17.7 Å². The zero-order valence-electron chi connectivity index (χ0n) is 8.14. The molecule has 0 aliphatic carbocycles. The highest BCUT2D eigenvalue weighted by molar-refractivity contribution is 7.90. The van der Waals surface area contributed by atoms with Gasteiger partial charge in [-0.2, -0.15) is 0 Å². The van der Waals surface area contributed by atoms with E-state index in [0.29, 0.717) is 5.56 Å². The predicted molar refractivity (Wildman–Crippen MR) is 53.9 cm³/mol. The lowest BCUT2D eigenvalue weighted by molar-refractivity contribution is 0.150. The van der Waals surface area contributed by atoms with Gasteiger partial charge in [-0.3, -0.25) is 0 Å². The summed E-state index contributed by atoms with van der Waals surface area (Å²) in [7, 11) is -3.18. The van der Waals surface area contributed by atoms with Crippen molar-refractivity contribution in [3.63, 3.8) is 0 Å². The van der Waals surface area contributed by atoms with Crippen LogP contribution in [0.4, 0.5) is 4.79 Å². The lowest BCUT2D eigenvalue weighted by Gasteiger charge is -2.02. The van der Waals surface area contributed by atoms with E-state index in [1.807, 2.05) is 0 Å². The molecule has 0 atom stereocenters. The van der Waals surface area contributed by atoms with E-state index >= 15 is 0 Å². The fourth-order valence-corrected chi connectivity index (χ4v) is 1.62. The first-order valence-electron chi connectivity index (χ1n) is 4.11. The second-order valence-corrected chi connectivity index (χ2v) is 5.04. The molecule has 0 aromatic heterocycles. The van der Waals surface area contributed by atoms with Crippen LogP contribution in [0.15, 0.2) is 29.2 Å². The van der Waals surface area contributed by atoms with Crippen LogP contribution in [0.3, 0.4) is 0 Å². The van der Waals surface area contributed by atoms with Crippen LogP contribution in [-0.4, -0.2) is 20.8 Å². The summed E-state index contributed by atoms with van der Waals surface area (Å²) >= 11 is 0. The Morgan fingerprint density at radius 3 is 2.27 bits per heavy atom. The van der Waals surface area contributed by atoms with E-state index in [2.05, 4.69) is 4.74 Å². The van der Waals surface area contributed by atoms with Crippen molar-refractivity contribution < 1.29 is 17.9 Å². The summed E-state index contributed by atoms with van der Waals surface area (Å²) < 4.78 is 26.8. The Bertz CT molecular complexity index is 450. The van der Waals surface area contributed by atoms with Crippen LogP contribution in [0.5, 0.6) is 0 Å².